The summed E-state index contributed by atoms with van der Waals surface area (Å²) in [5, 5.41) is 12.2. The third kappa shape index (κ3) is 3.83. The maximum absolute atomic E-state index is 12.7. The van der Waals surface area contributed by atoms with E-state index >= 15 is 0 Å². The number of carbonyl (C=O) groups is 1. The van der Waals surface area contributed by atoms with Gasteiger partial charge in [0.2, 0.25) is 0 Å². The molecular formula is C21H22N2O2. The van der Waals surface area contributed by atoms with Gasteiger partial charge in [0, 0.05) is 5.69 Å². The molecule has 0 spiro atoms. The predicted octanol–water partition coefficient (Wildman–Crippen LogP) is 4.09. The summed E-state index contributed by atoms with van der Waals surface area (Å²) in [7, 11) is 0. The van der Waals surface area contributed by atoms with E-state index in [0.29, 0.717) is 11.3 Å². The van der Waals surface area contributed by atoms with Crippen molar-refractivity contribution in [3.05, 3.63) is 59.2 Å². The number of rotatable bonds is 5. The molecule has 0 aromatic heterocycles. The summed E-state index contributed by atoms with van der Waals surface area (Å²) in [6.45, 7) is 3.86. The minimum absolute atomic E-state index is 0.0267. The first-order valence-corrected chi connectivity index (χ1v) is 8.67. The molecular weight excluding hydrogens is 312 g/mol. The van der Waals surface area contributed by atoms with Gasteiger partial charge in [-0.2, -0.15) is 5.26 Å². The molecule has 4 heteroatoms. The van der Waals surface area contributed by atoms with Gasteiger partial charge in [-0.3, -0.25) is 4.79 Å². The molecule has 0 heterocycles. The van der Waals surface area contributed by atoms with Gasteiger partial charge in [0.15, 0.2) is 6.10 Å². The smallest absolute Gasteiger partial charge is 0.265 e. The molecule has 3 rings (SSSR count). The summed E-state index contributed by atoms with van der Waals surface area (Å²) >= 11 is 0. The number of hydrogen-bond donors (Lipinski definition) is 1. The van der Waals surface area contributed by atoms with Gasteiger partial charge in [-0.05, 0) is 60.6 Å². The van der Waals surface area contributed by atoms with Crippen LogP contribution in [0.1, 0.15) is 37.0 Å². The highest BCUT2D eigenvalue weighted by atomic mass is 16.5. The molecule has 0 aliphatic heterocycles. The van der Waals surface area contributed by atoms with Crippen LogP contribution in [0.15, 0.2) is 42.5 Å². The number of hydrogen-bond acceptors (Lipinski definition) is 3. The highest BCUT2D eigenvalue weighted by Crippen LogP contribution is 2.26. The second kappa shape index (κ2) is 7.40. The van der Waals surface area contributed by atoms with Crippen LogP contribution in [0.2, 0.25) is 0 Å². The molecule has 0 saturated heterocycles. The molecule has 1 N–H and O–H groups in total. The van der Waals surface area contributed by atoms with Crippen molar-refractivity contribution in [1.29, 1.82) is 5.26 Å². The van der Waals surface area contributed by atoms with Crippen LogP contribution in [0.4, 0.5) is 5.69 Å². The van der Waals surface area contributed by atoms with E-state index in [4.69, 9.17) is 4.74 Å². The van der Waals surface area contributed by atoms with Crippen LogP contribution >= 0.6 is 0 Å². The monoisotopic (exact) mass is 334 g/mol. The van der Waals surface area contributed by atoms with Crippen LogP contribution in [0, 0.1) is 17.2 Å². The lowest BCUT2D eigenvalue weighted by Gasteiger charge is -2.22. The normalized spacial score (nSPS) is 13.8. The first-order chi connectivity index (χ1) is 12.1. The summed E-state index contributed by atoms with van der Waals surface area (Å²) in [6, 6.07) is 15.2. The summed E-state index contributed by atoms with van der Waals surface area (Å²) < 4.78 is 5.89. The Bertz CT molecular complexity index is 821. The average molecular weight is 334 g/mol. The standard InChI is InChI=1S/C21H22N2O2/c1-14(2)20(25-19-9-4-3-6-17(19)13-22)21(24)23-18-11-10-15-7-5-8-16(15)12-18/h3-4,6,9-12,14,20H,5,7-8H2,1-2H3,(H,23,24). The number of amides is 1. The number of fused-ring (bicyclic) bond motifs is 1. The Morgan fingerprint density at radius 1 is 1.16 bits per heavy atom. The van der Waals surface area contributed by atoms with Crippen molar-refractivity contribution in [2.24, 2.45) is 5.92 Å². The molecule has 1 aliphatic carbocycles. The highest BCUT2D eigenvalue weighted by molar-refractivity contribution is 5.94. The van der Waals surface area contributed by atoms with Crippen molar-refractivity contribution in [2.45, 2.75) is 39.2 Å². The molecule has 0 radical (unpaired) electrons. The van der Waals surface area contributed by atoms with Crippen LogP contribution < -0.4 is 10.1 Å². The third-order valence-electron chi connectivity index (χ3n) is 4.49. The molecule has 1 amide bonds. The Morgan fingerprint density at radius 3 is 2.68 bits per heavy atom. The van der Waals surface area contributed by atoms with E-state index in [1.165, 1.54) is 17.5 Å². The lowest BCUT2D eigenvalue weighted by molar-refractivity contribution is -0.124. The second-order valence-electron chi connectivity index (χ2n) is 6.72. The predicted molar refractivity (Wildman–Crippen MR) is 97.5 cm³/mol. The fraction of sp³-hybridized carbons (Fsp3) is 0.333. The van der Waals surface area contributed by atoms with Crippen molar-refractivity contribution in [3.8, 4) is 11.8 Å². The Kier molecular flexibility index (Phi) is 5.04. The Labute approximate surface area is 148 Å². The maximum Gasteiger partial charge on any atom is 0.265 e. The van der Waals surface area contributed by atoms with Crippen molar-refractivity contribution in [2.75, 3.05) is 5.32 Å². The Balaban J connectivity index is 1.76. The number of benzene rings is 2. The van der Waals surface area contributed by atoms with E-state index in [9.17, 15) is 10.1 Å². The van der Waals surface area contributed by atoms with Crippen molar-refractivity contribution in [1.82, 2.24) is 0 Å². The quantitative estimate of drug-likeness (QED) is 0.896. The van der Waals surface area contributed by atoms with Crippen LogP contribution in [-0.2, 0) is 17.6 Å². The molecule has 0 saturated carbocycles. The first kappa shape index (κ1) is 17.0. The number of aryl methyl sites for hydroxylation is 2. The molecule has 2 aromatic carbocycles. The van der Waals surface area contributed by atoms with Gasteiger partial charge >= 0.3 is 0 Å². The SMILES string of the molecule is CC(C)C(Oc1ccccc1C#N)C(=O)Nc1ccc2c(c1)CCC2. The molecule has 0 fully saturated rings. The lowest BCUT2D eigenvalue weighted by atomic mass is 10.1. The number of nitrogens with zero attached hydrogens (tertiary/aromatic N) is 1. The molecule has 1 unspecified atom stereocenters. The number of nitriles is 1. The van der Waals surface area contributed by atoms with Crippen LogP contribution in [0.25, 0.3) is 0 Å². The topological polar surface area (TPSA) is 62.1 Å². The lowest BCUT2D eigenvalue weighted by Crippen LogP contribution is -2.37. The summed E-state index contributed by atoms with van der Waals surface area (Å²) in [5.74, 6) is 0.217. The number of para-hydroxylation sites is 1. The molecule has 1 atom stereocenters. The molecule has 2 aromatic rings. The van der Waals surface area contributed by atoms with Gasteiger partial charge in [0.1, 0.15) is 11.8 Å². The summed E-state index contributed by atoms with van der Waals surface area (Å²) in [6.07, 6.45) is 2.70. The van der Waals surface area contributed by atoms with Crippen molar-refractivity contribution < 1.29 is 9.53 Å². The van der Waals surface area contributed by atoms with E-state index in [-0.39, 0.29) is 11.8 Å². The van der Waals surface area contributed by atoms with Gasteiger partial charge in [0.25, 0.3) is 5.91 Å². The van der Waals surface area contributed by atoms with Gasteiger partial charge in [-0.25, -0.2) is 0 Å². The average Bonchev–Trinajstić information content (AvgIpc) is 3.07. The van der Waals surface area contributed by atoms with E-state index in [0.717, 1.165) is 18.5 Å². The molecule has 4 nitrogen and oxygen atoms in total. The van der Waals surface area contributed by atoms with Crippen molar-refractivity contribution >= 4 is 11.6 Å². The Hall–Kier alpha value is -2.80. The van der Waals surface area contributed by atoms with E-state index in [1.807, 2.05) is 19.9 Å². The highest BCUT2D eigenvalue weighted by Gasteiger charge is 2.25. The molecule has 1 aliphatic rings. The van der Waals surface area contributed by atoms with Gasteiger partial charge in [-0.15, -0.1) is 0 Å². The fourth-order valence-electron chi connectivity index (χ4n) is 3.15. The largest absolute Gasteiger partial charge is 0.479 e. The first-order valence-electron chi connectivity index (χ1n) is 8.67. The van der Waals surface area contributed by atoms with Gasteiger partial charge < -0.3 is 10.1 Å². The Morgan fingerprint density at radius 2 is 1.92 bits per heavy atom. The number of anilines is 1. The molecule has 0 bridgehead atoms. The van der Waals surface area contributed by atoms with E-state index < -0.39 is 6.10 Å². The zero-order valence-corrected chi connectivity index (χ0v) is 14.6. The zero-order valence-electron chi connectivity index (χ0n) is 14.6. The minimum Gasteiger partial charge on any atom is -0.479 e. The fourth-order valence-corrected chi connectivity index (χ4v) is 3.15. The number of carbonyl (C=O) groups excluding carboxylic acids is 1. The third-order valence-corrected chi connectivity index (χ3v) is 4.49. The second-order valence-corrected chi connectivity index (χ2v) is 6.72. The van der Waals surface area contributed by atoms with E-state index in [1.54, 1.807) is 24.3 Å². The van der Waals surface area contributed by atoms with Crippen LogP contribution in [-0.4, -0.2) is 12.0 Å². The van der Waals surface area contributed by atoms with E-state index in [2.05, 4.69) is 23.5 Å². The maximum atomic E-state index is 12.7. The minimum atomic E-state index is -0.664. The van der Waals surface area contributed by atoms with Crippen LogP contribution in [0.3, 0.4) is 0 Å². The number of ether oxygens (including phenoxy) is 1. The molecule has 25 heavy (non-hydrogen) atoms. The molecule has 128 valence electrons. The van der Waals surface area contributed by atoms with Gasteiger partial charge in [-0.1, -0.05) is 32.0 Å². The summed E-state index contributed by atoms with van der Waals surface area (Å²) in [4.78, 5) is 12.7. The van der Waals surface area contributed by atoms with Crippen molar-refractivity contribution in [3.63, 3.8) is 0 Å². The number of nitrogens with one attached hydrogen (secondary N) is 1. The van der Waals surface area contributed by atoms with Crippen LogP contribution in [0.5, 0.6) is 5.75 Å². The van der Waals surface area contributed by atoms with Gasteiger partial charge in [0.05, 0.1) is 5.56 Å². The summed E-state index contributed by atoms with van der Waals surface area (Å²) in [5.41, 5.74) is 3.92. The zero-order chi connectivity index (χ0) is 17.8.